The topological polar surface area (TPSA) is 79.9 Å². The zero-order chi connectivity index (χ0) is 20.3. The van der Waals surface area contributed by atoms with Gasteiger partial charge in [0.1, 0.15) is 11.5 Å². The van der Waals surface area contributed by atoms with Crippen molar-refractivity contribution < 1.29 is 19.1 Å². The lowest BCUT2D eigenvalue weighted by Crippen LogP contribution is -2.39. The van der Waals surface area contributed by atoms with Gasteiger partial charge in [0.25, 0.3) is 0 Å². The Kier molecular flexibility index (Phi) is 5.73. The molecule has 7 nitrogen and oxygen atoms in total. The van der Waals surface area contributed by atoms with Gasteiger partial charge in [-0.3, -0.25) is 4.79 Å². The fourth-order valence-electron chi connectivity index (χ4n) is 3.19. The number of nitrogens with zero attached hydrogens (tertiary/aromatic N) is 1. The largest absolute Gasteiger partial charge is 0.497 e. The van der Waals surface area contributed by atoms with Crippen LogP contribution in [0.15, 0.2) is 36.4 Å². The van der Waals surface area contributed by atoms with E-state index in [4.69, 9.17) is 9.47 Å². The van der Waals surface area contributed by atoms with Crippen LogP contribution in [-0.4, -0.2) is 38.7 Å². The van der Waals surface area contributed by atoms with Crippen LogP contribution in [-0.2, 0) is 4.79 Å². The Balaban J connectivity index is 1.64. The van der Waals surface area contributed by atoms with Crippen LogP contribution in [0.4, 0.5) is 16.2 Å². The maximum atomic E-state index is 12.4. The molecule has 3 amide bonds. The monoisotopic (exact) mass is 383 g/mol. The minimum Gasteiger partial charge on any atom is -0.497 e. The number of aryl methyl sites for hydroxylation is 2. The Morgan fingerprint density at radius 2 is 1.86 bits per heavy atom. The fourth-order valence-corrected chi connectivity index (χ4v) is 3.19. The minimum absolute atomic E-state index is 0.00409. The molecular weight excluding hydrogens is 358 g/mol. The molecule has 2 aromatic rings. The van der Waals surface area contributed by atoms with Crippen LogP contribution < -0.4 is 25.0 Å². The highest BCUT2D eigenvalue weighted by Crippen LogP contribution is 2.29. The van der Waals surface area contributed by atoms with Crippen molar-refractivity contribution in [3.63, 3.8) is 0 Å². The normalized spacial score (nSPS) is 16.1. The predicted molar refractivity (Wildman–Crippen MR) is 108 cm³/mol. The maximum Gasteiger partial charge on any atom is 0.319 e. The number of carbonyl (C=O) groups excluding carboxylic acids is 2. The van der Waals surface area contributed by atoms with Crippen LogP contribution in [0.25, 0.3) is 0 Å². The van der Waals surface area contributed by atoms with E-state index in [9.17, 15) is 9.59 Å². The number of methoxy groups -OCH3 is 2. The number of benzene rings is 2. The van der Waals surface area contributed by atoms with Crippen LogP contribution >= 0.6 is 0 Å². The molecule has 7 heteroatoms. The lowest BCUT2D eigenvalue weighted by atomic mass is 10.1. The molecule has 0 radical (unpaired) electrons. The van der Waals surface area contributed by atoms with Crippen LogP contribution in [0.1, 0.15) is 17.5 Å². The molecule has 1 fully saturated rings. The molecule has 1 unspecified atom stereocenters. The number of carbonyl (C=O) groups is 2. The summed E-state index contributed by atoms with van der Waals surface area (Å²) in [6, 6.07) is 10.4. The van der Waals surface area contributed by atoms with Gasteiger partial charge >= 0.3 is 6.03 Å². The summed E-state index contributed by atoms with van der Waals surface area (Å²) in [5.74, 6) is 1.12. The molecule has 0 bridgehead atoms. The second-order valence-corrected chi connectivity index (χ2v) is 6.84. The van der Waals surface area contributed by atoms with E-state index >= 15 is 0 Å². The lowest BCUT2D eigenvalue weighted by Gasteiger charge is -2.19. The Morgan fingerprint density at radius 3 is 2.54 bits per heavy atom. The summed E-state index contributed by atoms with van der Waals surface area (Å²) in [6.07, 6.45) is 0.264. The molecule has 1 aliphatic rings. The first kappa shape index (κ1) is 19.5. The summed E-state index contributed by atoms with van der Waals surface area (Å²) in [4.78, 5) is 26.5. The third kappa shape index (κ3) is 4.19. The van der Waals surface area contributed by atoms with E-state index in [1.165, 1.54) is 12.7 Å². The summed E-state index contributed by atoms with van der Waals surface area (Å²) in [5, 5.41) is 5.63. The second kappa shape index (κ2) is 8.21. The van der Waals surface area contributed by atoms with Gasteiger partial charge < -0.3 is 25.0 Å². The molecule has 148 valence electrons. The van der Waals surface area contributed by atoms with Crippen molar-refractivity contribution in [2.75, 3.05) is 31.0 Å². The number of ether oxygens (including phenoxy) is 2. The molecule has 0 spiro atoms. The predicted octanol–water partition coefficient (Wildman–Crippen LogP) is 3.25. The zero-order valence-corrected chi connectivity index (χ0v) is 16.5. The van der Waals surface area contributed by atoms with Crippen LogP contribution in [0.3, 0.4) is 0 Å². The van der Waals surface area contributed by atoms with Gasteiger partial charge in [0.15, 0.2) is 0 Å². The van der Waals surface area contributed by atoms with E-state index in [0.717, 1.165) is 11.3 Å². The van der Waals surface area contributed by atoms with Crippen LogP contribution in [0, 0.1) is 13.8 Å². The van der Waals surface area contributed by atoms with Gasteiger partial charge in [0.2, 0.25) is 5.91 Å². The lowest BCUT2D eigenvalue weighted by molar-refractivity contribution is -0.117. The van der Waals surface area contributed by atoms with Crippen molar-refractivity contribution in [2.24, 2.45) is 0 Å². The Labute approximate surface area is 164 Å². The average Bonchev–Trinajstić information content (AvgIpc) is 3.04. The Hall–Kier alpha value is -3.22. The number of hydrogen-bond acceptors (Lipinski definition) is 4. The van der Waals surface area contributed by atoms with Crippen LogP contribution in [0.2, 0.25) is 0 Å². The van der Waals surface area contributed by atoms with Crippen molar-refractivity contribution in [3.8, 4) is 11.5 Å². The van der Waals surface area contributed by atoms with Gasteiger partial charge in [-0.05, 0) is 49.2 Å². The fraction of sp³-hybridized carbons (Fsp3) is 0.333. The van der Waals surface area contributed by atoms with E-state index in [0.29, 0.717) is 23.7 Å². The van der Waals surface area contributed by atoms with E-state index in [1.807, 2.05) is 32.0 Å². The van der Waals surface area contributed by atoms with E-state index in [2.05, 4.69) is 10.6 Å². The van der Waals surface area contributed by atoms with E-state index in [1.54, 1.807) is 30.2 Å². The first-order valence-corrected chi connectivity index (χ1v) is 9.08. The van der Waals surface area contributed by atoms with Crippen molar-refractivity contribution >= 4 is 23.3 Å². The number of hydrogen-bond donors (Lipinski definition) is 2. The average molecular weight is 383 g/mol. The molecule has 0 aromatic heterocycles. The van der Waals surface area contributed by atoms with Gasteiger partial charge in [0, 0.05) is 24.7 Å². The Bertz CT molecular complexity index is 897. The van der Waals surface area contributed by atoms with Crippen molar-refractivity contribution in [1.29, 1.82) is 0 Å². The van der Waals surface area contributed by atoms with Gasteiger partial charge in [-0.1, -0.05) is 6.07 Å². The molecule has 2 N–H and O–H groups in total. The smallest absolute Gasteiger partial charge is 0.319 e. The molecular formula is C21H25N3O4. The highest BCUT2D eigenvalue weighted by Gasteiger charge is 2.31. The standard InChI is InChI=1S/C21H25N3O4/c1-13-5-6-16(9-14(13)2)24-12-15(10-20(24)25)22-21(26)23-18-8-7-17(27-3)11-19(18)28-4/h5-9,11,15H,10,12H2,1-4H3,(H2,22,23,26). The third-order valence-electron chi connectivity index (χ3n) is 4.92. The van der Waals surface area contributed by atoms with Crippen LogP contribution in [0.5, 0.6) is 11.5 Å². The highest BCUT2D eigenvalue weighted by atomic mass is 16.5. The molecule has 1 atom stereocenters. The molecule has 0 saturated carbocycles. The molecule has 3 rings (SSSR count). The van der Waals surface area contributed by atoms with Gasteiger partial charge in [-0.15, -0.1) is 0 Å². The van der Waals surface area contributed by atoms with E-state index < -0.39 is 0 Å². The summed E-state index contributed by atoms with van der Waals surface area (Å²) >= 11 is 0. The summed E-state index contributed by atoms with van der Waals surface area (Å²) in [6.45, 7) is 4.49. The van der Waals surface area contributed by atoms with Gasteiger partial charge in [-0.25, -0.2) is 4.79 Å². The van der Waals surface area contributed by atoms with E-state index in [-0.39, 0.29) is 24.4 Å². The molecule has 1 aliphatic heterocycles. The summed E-state index contributed by atoms with van der Waals surface area (Å²) < 4.78 is 10.4. The molecule has 2 aromatic carbocycles. The van der Waals surface area contributed by atoms with Gasteiger partial charge in [-0.2, -0.15) is 0 Å². The third-order valence-corrected chi connectivity index (χ3v) is 4.92. The first-order valence-electron chi connectivity index (χ1n) is 9.08. The number of rotatable bonds is 5. The number of nitrogens with one attached hydrogen (secondary N) is 2. The molecule has 0 aliphatic carbocycles. The SMILES string of the molecule is COc1ccc(NC(=O)NC2CC(=O)N(c3ccc(C)c(C)c3)C2)c(OC)c1. The summed E-state index contributed by atoms with van der Waals surface area (Å²) in [7, 11) is 3.09. The summed E-state index contributed by atoms with van der Waals surface area (Å²) in [5.41, 5.74) is 3.69. The van der Waals surface area contributed by atoms with Crippen molar-refractivity contribution in [2.45, 2.75) is 26.3 Å². The van der Waals surface area contributed by atoms with Crippen molar-refractivity contribution in [3.05, 3.63) is 47.5 Å². The number of amides is 3. The quantitative estimate of drug-likeness (QED) is 0.831. The molecule has 1 saturated heterocycles. The number of urea groups is 1. The zero-order valence-electron chi connectivity index (χ0n) is 16.5. The Morgan fingerprint density at radius 1 is 1.07 bits per heavy atom. The second-order valence-electron chi connectivity index (χ2n) is 6.84. The maximum absolute atomic E-state index is 12.4. The first-order chi connectivity index (χ1) is 13.4. The van der Waals surface area contributed by atoms with Crippen molar-refractivity contribution in [1.82, 2.24) is 5.32 Å². The molecule has 28 heavy (non-hydrogen) atoms. The number of anilines is 2. The van der Waals surface area contributed by atoms with Gasteiger partial charge in [0.05, 0.1) is 25.9 Å². The highest BCUT2D eigenvalue weighted by molar-refractivity contribution is 5.98. The molecule has 1 heterocycles. The minimum atomic E-state index is -0.386.